The van der Waals surface area contributed by atoms with Crippen LogP contribution < -0.4 is 16.2 Å². The van der Waals surface area contributed by atoms with E-state index in [9.17, 15) is 4.79 Å². The monoisotopic (exact) mass is 447 g/mol. The van der Waals surface area contributed by atoms with Crippen molar-refractivity contribution < 1.29 is 9.53 Å². The maximum Gasteiger partial charge on any atom is 0.241 e. The number of carbonyl (C=O) groups excluding carboxylic acids is 1. The number of hydrogen-bond donors (Lipinski definition) is 2. The lowest BCUT2D eigenvalue weighted by molar-refractivity contribution is -0.113. The zero-order chi connectivity index (χ0) is 23.5. The highest BCUT2D eigenvalue weighted by molar-refractivity contribution is 6.01. The Kier molecular flexibility index (Phi) is 5.50. The number of benzene rings is 3. The molecule has 1 amide bonds. The fourth-order valence-corrected chi connectivity index (χ4v) is 3.78. The average Bonchev–Trinajstić information content (AvgIpc) is 3.25. The van der Waals surface area contributed by atoms with Gasteiger partial charge in [-0.25, -0.2) is 9.97 Å². The van der Waals surface area contributed by atoms with Crippen LogP contribution in [0.5, 0.6) is 11.5 Å². The van der Waals surface area contributed by atoms with E-state index in [0.717, 1.165) is 39.3 Å². The number of primary amides is 1. The molecule has 4 N–H and O–H groups in total. The van der Waals surface area contributed by atoms with Gasteiger partial charge < -0.3 is 20.8 Å². The molecule has 0 saturated carbocycles. The molecule has 7 heteroatoms. The third-order valence-electron chi connectivity index (χ3n) is 5.34. The van der Waals surface area contributed by atoms with Crippen LogP contribution in [0.3, 0.4) is 0 Å². The van der Waals surface area contributed by atoms with Gasteiger partial charge in [0, 0.05) is 23.5 Å². The molecule has 0 radical (unpaired) electrons. The van der Waals surface area contributed by atoms with Gasteiger partial charge in [0.05, 0.1) is 5.39 Å². The first-order valence-corrected chi connectivity index (χ1v) is 10.6. The number of ether oxygens (including phenoxy) is 1. The van der Waals surface area contributed by atoms with E-state index >= 15 is 0 Å². The summed E-state index contributed by atoms with van der Waals surface area (Å²) in [6, 6.07) is 25.1. The Morgan fingerprint density at radius 1 is 0.912 bits per heavy atom. The number of nitrogen functional groups attached to an aromatic ring is 1. The number of carbonyl (C=O) groups is 1. The quantitative estimate of drug-likeness (QED) is 0.358. The van der Waals surface area contributed by atoms with Crippen molar-refractivity contribution in [3.8, 4) is 28.3 Å². The van der Waals surface area contributed by atoms with Crippen LogP contribution in [0.15, 0.2) is 97.5 Å². The number of nitrogens with zero attached hydrogens (tertiary/aromatic N) is 3. The number of rotatable bonds is 6. The normalized spacial score (nSPS) is 11.2. The van der Waals surface area contributed by atoms with E-state index in [2.05, 4.69) is 9.97 Å². The highest BCUT2D eigenvalue weighted by atomic mass is 16.5. The fourth-order valence-electron chi connectivity index (χ4n) is 3.78. The van der Waals surface area contributed by atoms with Crippen LogP contribution in [-0.4, -0.2) is 20.4 Å². The Balaban J connectivity index is 1.56. The van der Waals surface area contributed by atoms with E-state index in [4.69, 9.17) is 16.2 Å². The molecule has 0 aliphatic heterocycles. The van der Waals surface area contributed by atoms with Crippen LogP contribution in [0.25, 0.3) is 33.9 Å². The Labute approximate surface area is 196 Å². The largest absolute Gasteiger partial charge is 0.457 e. The number of nitrogens with two attached hydrogens (primary N) is 2. The highest BCUT2D eigenvalue weighted by Crippen LogP contribution is 2.35. The second-order valence-electron chi connectivity index (χ2n) is 7.64. The molecular formula is C27H21N5O2. The van der Waals surface area contributed by atoms with Crippen molar-refractivity contribution in [2.24, 2.45) is 5.73 Å². The van der Waals surface area contributed by atoms with E-state index < -0.39 is 5.91 Å². The van der Waals surface area contributed by atoms with Crippen molar-refractivity contribution in [2.45, 2.75) is 0 Å². The molecule has 34 heavy (non-hydrogen) atoms. The Hall–Kier alpha value is -4.91. The maximum absolute atomic E-state index is 11.1. The number of fused-ring (bicyclic) bond motifs is 1. The SMILES string of the molecule is NC(=O)/C=C/c1cccc(-n2cc(-c3ccc(Oc4ccccc4)cc3)c3c(N)ncnc32)c1. The molecule has 5 rings (SSSR count). The van der Waals surface area contributed by atoms with Crippen LogP contribution in [0.4, 0.5) is 5.82 Å². The lowest BCUT2D eigenvalue weighted by atomic mass is 10.1. The van der Waals surface area contributed by atoms with E-state index in [1.54, 1.807) is 6.08 Å². The van der Waals surface area contributed by atoms with E-state index in [1.807, 2.05) is 89.6 Å². The second kappa shape index (κ2) is 8.91. The van der Waals surface area contributed by atoms with Crippen LogP contribution in [-0.2, 0) is 4.79 Å². The van der Waals surface area contributed by atoms with Crippen LogP contribution >= 0.6 is 0 Å². The molecule has 5 aromatic rings. The number of anilines is 1. The minimum Gasteiger partial charge on any atom is -0.457 e. The summed E-state index contributed by atoms with van der Waals surface area (Å²) in [4.78, 5) is 19.8. The highest BCUT2D eigenvalue weighted by Gasteiger charge is 2.16. The van der Waals surface area contributed by atoms with Gasteiger partial charge in [0.25, 0.3) is 0 Å². The number of para-hydroxylation sites is 1. The van der Waals surface area contributed by atoms with Gasteiger partial charge in [-0.2, -0.15) is 0 Å². The molecule has 7 nitrogen and oxygen atoms in total. The minimum atomic E-state index is -0.501. The summed E-state index contributed by atoms with van der Waals surface area (Å²) in [5, 5.41) is 0.761. The van der Waals surface area contributed by atoms with E-state index in [-0.39, 0.29) is 0 Å². The summed E-state index contributed by atoms with van der Waals surface area (Å²) in [5.74, 6) is 1.40. The lowest BCUT2D eigenvalue weighted by Crippen LogP contribution is -2.05. The zero-order valence-corrected chi connectivity index (χ0v) is 18.1. The third kappa shape index (κ3) is 4.22. The molecule has 166 valence electrons. The smallest absolute Gasteiger partial charge is 0.241 e. The first-order chi connectivity index (χ1) is 16.6. The molecule has 0 saturated heterocycles. The molecule has 0 aliphatic rings. The fraction of sp³-hybridized carbons (Fsp3) is 0. The summed E-state index contributed by atoms with van der Waals surface area (Å²) in [5.41, 5.74) is 15.7. The predicted molar refractivity (Wildman–Crippen MR) is 133 cm³/mol. The van der Waals surface area contributed by atoms with Gasteiger partial charge in [0.1, 0.15) is 23.6 Å². The summed E-state index contributed by atoms with van der Waals surface area (Å²) >= 11 is 0. The second-order valence-corrected chi connectivity index (χ2v) is 7.64. The van der Waals surface area contributed by atoms with Crippen LogP contribution in [0.1, 0.15) is 5.56 Å². The van der Waals surface area contributed by atoms with Crippen molar-refractivity contribution >= 4 is 28.8 Å². The van der Waals surface area contributed by atoms with Crippen molar-refractivity contribution in [3.05, 3.63) is 103 Å². The molecule has 0 spiro atoms. The number of hydrogen-bond acceptors (Lipinski definition) is 5. The molecule has 3 aromatic carbocycles. The van der Waals surface area contributed by atoms with Crippen LogP contribution in [0, 0.1) is 0 Å². The molecule has 0 unspecified atom stereocenters. The molecule has 0 bridgehead atoms. The standard InChI is InChI=1S/C27H21N5O2/c28-24(33)14-9-18-5-4-6-20(15-18)32-16-23(25-26(29)30-17-31-27(25)32)19-10-12-22(13-11-19)34-21-7-2-1-3-8-21/h1-17H,(H2,28,33)(H2,29,30,31)/b14-9+. The summed E-state index contributed by atoms with van der Waals surface area (Å²) in [6.45, 7) is 0. The predicted octanol–water partition coefficient (Wildman–Crippen LogP) is 4.96. The molecule has 2 heterocycles. The maximum atomic E-state index is 11.1. The van der Waals surface area contributed by atoms with Gasteiger partial charge in [-0.3, -0.25) is 4.79 Å². The minimum absolute atomic E-state index is 0.396. The van der Waals surface area contributed by atoms with Crippen molar-refractivity contribution in [1.29, 1.82) is 0 Å². The molecule has 0 fully saturated rings. The van der Waals surface area contributed by atoms with E-state index in [1.165, 1.54) is 12.4 Å². The van der Waals surface area contributed by atoms with Gasteiger partial charge in [-0.1, -0.05) is 42.5 Å². The van der Waals surface area contributed by atoms with Crippen molar-refractivity contribution in [2.75, 3.05) is 5.73 Å². The van der Waals surface area contributed by atoms with Gasteiger partial charge in [0.15, 0.2) is 5.65 Å². The van der Waals surface area contributed by atoms with Crippen LogP contribution in [0.2, 0.25) is 0 Å². The summed E-state index contributed by atoms with van der Waals surface area (Å²) < 4.78 is 7.87. The molecule has 0 aliphatic carbocycles. The number of aromatic nitrogens is 3. The molecule has 0 atom stereocenters. The Bertz CT molecular complexity index is 1510. The summed E-state index contributed by atoms with van der Waals surface area (Å²) in [7, 11) is 0. The first kappa shape index (κ1) is 21.0. The molecule has 2 aromatic heterocycles. The third-order valence-corrected chi connectivity index (χ3v) is 5.34. The Morgan fingerprint density at radius 2 is 1.68 bits per heavy atom. The lowest BCUT2D eigenvalue weighted by Gasteiger charge is -2.06. The Morgan fingerprint density at radius 3 is 2.44 bits per heavy atom. The van der Waals surface area contributed by atoms with Crippen molar-refractivity contribution in [1.82, 2.24) is 14.5 Å². The van der Waals surface area contributed by atoms with Gasteiger partial charge in [-0.05, 0) is 53.6 Å². The topological polar surface area (TPSA) is 109 Å². The zero-order valence-electron chi connectivity index (χ0n) is 18.1. The average molecular weight is 447 g/mol. The van der Waals surface area contributed by atoms with Crippen molar-refractivity contribution in [3.63, 3.8) is 0 Å². The summed E-state index contributed by atoms with van der Waals surface area (Å²) in [6.07, 6.45) is 6.44. The number of amides is 1. The van der Waals surface area contributed by atoms with E-state index in [0.29, 0.717) is 11.5 Å². The van der Waals surface area contributed by atoms with Gasteiger partial charge in [0.2, 0.25) is 5.91 Å². The molecular weight excluding hydrogens is 426 g/mol. The van der Waals surface area contributed by atoms with Gasteiger partial charge in [-0.15, -0.1) is 0 Å². The first-order valence-electron chi connectivity index (χ1n) is 10.6. The van der Waals surface area contributed by atoms with Gasteiger partial charge >= 0.3 is 0 Å².